The Morgan fingerprint density at radius 3 is 2.77 bits per heavy atom. The molecule has 4 rings (SSSR count). The Morgan fingerprint density at radius 2 is 2.08 bits per heavy atom. The molecule has 1 saturated carbocycles. The number of pyridine rings is 1. The van der Waals surface area contributed by atoms with E-state index in [1.165, 1.54) is 0 Å². The van der Waals surface area contributed by atoms with E-state index in [2.05, 4.69) is 10.1 Å². The van der Waals surface area contributed by atoms with Crippen LogP contribution in [0.2, 0.25) is 0 Å². The van der Waals surface area contributed by atoms with Crippen molar-refractivity contribution >= 4 is 22.9 Å². The lowest BCUT2D eigenvalue weighted by Crippen LogP contribution is -2.43. The van der Waals surface area contributed by atoms with Crippen LogP contribution in [0.15, 0.2) is 12.3 Å². The standard InChI is InChI=1S/C19H24N4O3/c1-10(2)23-17-15(8-20-23)14(7-11(3)21-17)18(24)22-9-12-5-4-6-13(12)16(22)19(25)26/h7-8,10,12-13,16H,4-6,9H2,1-3H3,(H,25,26). The van der Waals surface area contributed by atoms with Gasteiger partial charge in [0.05, 0.1) is 17.1 Å². The highest BCUT2D eigenvalue weighted by molar-refractivity contribution is 6.06. The Morgan fingerprint density at radius 1 is 1.31 bits per heavy atom. The van der Waals surface area contributed by atoms with Gasteiger partial charge in [0, 0.05) is 18.3 Å². The van der Waals surface area contributed by atoms with Gasteiger partial charge >= 0.3 is 5.97 Å². The predicted molar refractivity (Wildman–Crippen MR) is 95.9 cm³/mol. The molecule has 0 radical (unpaired) electrons. The minimum atomic E-state index is -0.896. The molecule has 7 heteroatoms. The first-order valence-electron chi connectivity index (χ1n) is 9.27. The molecule has 138 valence electrons. The highest BCUT2D eigenvalue weighted by Gasteiger charge is 2.49. The summed E-state index contributed by atoms with van der Waals surface area (Å²) in [4.78, 5) is 31.3. The smallest absolute Gasteiger partial charge is 0.326 e. The topological polar surface area (TPSA) is 88.3 Å². The average Bonchev–Trinajstić information content (AvgIpc) is 3.25. The SMILES string of the molecule is Cc1cc(C(=O)N2CC3CCCC3C2C(=O)O)c2cnn(C(C)C)c2n1. The molecule has 3 unspecified atom stereocenters. The van der Waals surface area contributed by atoms with Crippen LogP contribution < -0.4 is 0 Å². The Labute approximate surface area is 152 Å². The van der Waals surface area contributed by atoms with Gasteiger partial charge in [-0.25, -0.2) is 14.5 Å². The Kier molecular flexibility index (Phi) is 3.97. The lowest BCUT2D eigenvalue weighted by atomic mass is 9.94. The third kappa shape index (κ3) is 2.48. The molecule has 2 aromatic rings. The van der Waals surface area contributed by atoms with Crippen molar-refractivity contribution in [3.8, 4) is 0 Å². The van der Waals surface area contributed by atoms with Crippen molar-refractivity contribution in [3.63, 3.8) is 0 Å². The molecule has 2 aromatic heterocycles. The second kappa shape index (κ2) is 6.07. The number of aryl methyl sites for hydroxylation is 1. The Balaban J connectivity index is 1.78. The number of carboxylic acids is 1. The van der Waals surface area contributed by atoms with Crippen molar-refractivity contribution in [1.82, 2.24) is 19.7 Å². The number of rotatable bonds is 3. The van der Waals surface area contributed by atoms with Crippen LogP contribution in [0.25, 0.3) is 11.0 Å². The number of hydrogen-bond donors (Lipinski definition) is 1. The zero-order chi connectivity index (χ0) is 18.6. The lowest BCUT2D eigenvalue weighted by Gasteiger charge is -2.24. The van der Waals surface area contributed by atoms with Crippen molar-refractivity contribution in [2.75, 3.05) is 6.54 Å². The molecule has 1 aliphatic carbocycles. The van der Waals surface area contributed by atoms with Gasteiger partial charge in [0.2, 0.25) is 0 Å². The lowest BCUT2D eigenvalue weighted by molar-refractivity contribution is -0.142. The van der Waals surface area contributed by atoms with E-state index in [-0.39, 0.29) is 17.9 Å². The number of nitrogens with zero attached hydrogens (tertiary/aromatic N) is 4. The summed E-state index contributed by atoms with van der Waals surface area (Å²) in [6, 6.07) is 1.16. The van der Waals surface area contributed by atoms with E-state index < -0.39 is 12.0 Å². The van der Waals surface area contributed by atoms with Crippen LogP contribution in [0.4, 0.5) is 0 Å². The first kappa shape index (κ1) is 17.0. The second-order valence-corrected chi connectivity index (χ2v) is 7.83. The minimum absolute atomic E-state index is 0.0771. The van der Waals surface area contributed by atoms with Gasteiger partial charge in [0.25, 0.3) is 5.91 Å². The number of likely N-dealkylation sites (tertiary alicyclic amines) is 1. The van der Waals surface area contributed by atoms with E-state index in [4.69, 9.17) is 0 Å². The maximum absolute atomic E-state index is 13.3. The third-order valence-corrected chi connectivity index (χ3v) is 5.82. The van der Waals surface area contributed by atoms with Gasteiger partial charge in [0.15, 0.2) is 5.65 Å². The zero-order valence-electron chi connectivity index (χ0n) is 15.3. The van der Waals surface area contributed by atoms with Crippen molar-refractivity contribution in [3.05, 3.63) is 23.5 Å². The maximum Gasteiger partial charge on any atom is 0.326 e. The first-order valence-corrected chi connectivity index (χ1v) is 9.27. The molecular formula is C19H24N4O3. The normalized spacial score (nSPS) is 25.2. The zero-order valence-corrected chi connectivity index (χ0v) is 15.3. The van der Waals surface area contributed by atoms with Crippen LogP contribution in [-0.4, -0.2) is 49.2 Å². The van der Waals surface area contributed by atoms with Crippen molar-refractivity contribution in [2.45, 2.75) is 52.1 Å². The van der Waals surface area contributed by atoms with Gasteiger partial charge in [-0.2, -0.15) is 5.10 Å². The summed E-state index contributed by atoms with van der Waals surface area (Å²) in [5.41, 5.74) is 1.91. The number of aliphatic carboxylic acids is 1. The van der Waals surface area contributed by atoms with Crippen LogP contribution in [0.3, 0.4) is 0 Å². The van der Waals surface area contributed by atoms with E-state index in [0.717, 1.165) is 25.0 Å². The van der Waals surface area contributed by atoms with E-state index in [1.54, 1.807) is 21.8 Å². The summed E-state index contributed by atoms with van der Waals surface area (Å²) in [6.45, 7) is 6.41. The number of carbonyl (C=O) groups excluding carboxylic acids is 1. The van der Waals surface area contributed by atoms with E-state index in [9.17, 15) is 14.7 Å². The van der Waals surface area contributed by atoms with Gasteiger partial charge in [-0.15, -0.1) is 0 Å². The molecule has 2 aliphatic rings. The highest BCUT2D eigenvalue weighted by Crippen LogP contribution is 2.43. The quantitative estimate of drug-likeness (QED) is 0.913. The number of carboxylic acid groups (broad SMARTS) is 1. The number of carbonyl (C=O) groups is 2. The monoisotopic (exact) mass is 356 g/mol. The summed E-state index contributed by atoms with van der Waals surface area (Å²) in [5.74, 6) is -0.733. The summed E-state index contributed by atoms with van der Waals surface area (Å²) in [6.07, 6.45) is 4.62. The molecule has 3 heterocycles. The molecular weight excluding hydrogens is 332 g/mol. The Bertz CT molecular complexity index is 888. The van der Waals surface area contributed by atoms with Crippen LogP contribution in [0.5, 0.6) is 0 Å². The molecule has 0 bridgehead atoms. The van der Waals surface area contributed by atoms with E-state index >= 15 is 0 Å². The third-order valence-electron chi connectivity index (χ3n) is 5.82. The fourth-order valence-corrected chi connectivity index (χ4v) is 4.68. The van der Waals surface area contributed by atoms with E-state index in [1.807, 2.05) is 20.8 Å². The molecule has 7 nitrogen and oxygen atoms in total. The highest BCUT2D eigenvalue weighted by atomic mass is 16.4. The minimum Gasteiger partial charge on any atom is -0.480 e. The molecule has 0 spiro atoms. The molecule has 3 atom stereocenters. The summed E-state index contributed by atoms with van der Waals surface area (Å²) >= 11 is 0. The van der Waals surface area contributed by atoms with Crippen molar-refractivity contribution in [2.24, 2.45) is 11.8 Å². The van der Waals surface area contributed by atoms with Crippen LogP contribution in [-0.2, 0) is 4.79 Å². The van der Waals surface area contributed by atoms with E-state index in [0.29, 0.717) is 29.1 Å². The number of amides is 1. The predicted octanol–water partition coefficient (Wildman–Crippen LogP) is 2.65. The largest absolute Gasteiger partial charge is 0.480 e. The van der Waals surface area contributed by atoms with Crippen molar-refractivity contribution in [1.29, 1.82) is 0 Å². The van der Waals surface area contributed by atoms with Crippen LogP contribution in [0.1, 0.15) is 55.2 Å². The van der Waals surface area contributed by atoms with Gasteiger partial charge in [-0.05, 0) is 51.5 Å². The van der Waals surface area contributed by atoms with Crippen molar-refractivity contribution < 1.29 is 14.7 Å². The average molecular weight is 356 g/mol. The second-order valence-electron chi connectivity index (χ2n) is 7.83. The maximum atomic E-state index is 13.3. The van der Waals surface area contributed by atoms with Crippen LogP contribution >= 0.6 is 0 Å². The molecule has 2 fully saturated rings. The van der Waals surface area contributed by atoms with Gasteiger partial charge < -0.3 is 10.0 Å². The fourth-order valence-electron chi connectivity index (χ4n) is 4.68. The summed E-state index contributed by atoms with van der Waals surface area (Å²) in [5, 5.41) is 14.8. The fraction of sp³-hybridized carbons (Fsp3) is 0.579. The molecule has 1 amide bonds. The van der Waals surface area contributed by atoms with Gasteiger partial charge in [-0.1, -0.05) is 6.42 Å². The van der Waals surface area contributed by atoms with Gasteiger partial charge in [-0.3, -0.25) is 4.79 Å². The number of fused-ring (bicyclic) bond motifs is 2. The Hall–Kier alpha value is -2.44. The molecule has 0 aromatic carbocycles. The summed E-state index contributed by atoms with van der Waals surface area (Å²) in [7, 11) is 0. The first-order chi connectivity index (χ1) is 12.4. The van der Waals surface area contributed by atoms with Crippen LogP contribution in [0, 0.1) is 18.8 Å². The molecule has 1 N–H and O–H groups in total. The molecule has 1 aliphatic heterocycles. The molecule has 26 heavy (non-hydrogen) atoms. The summed E-state index contributed by atoms with van der Waals surface area (Å²) < 4.78 is 1.80. The number of aromatic nitrogens is 3. The molecule has 1 saturated heterocycles. The number of hydrogen-bond acceptors (Lipinski definition) is 4. The van der Waals surface area contributed by atoms with Gasteiger partial charge in [0.1, 0.15) is 6.04 Å².